The predicted molar refractivity (Wildman–Crippen MR) is 106 cm³/mol. The molecule has 7 nitrogen and oxygen atoms in total. The van der Waals surface area contributed by atoms with E-state index in [1.165, 1.54) is 4.90 Å². The van der Waals surface area contributed by atoms with Crippen LogP contribution in [0.25, 0.3) is 11.3 Å². The highest BCUT2D eigenvalue weighted by Crippen LogP contribution is 2.39. The van der Waals surface area contributed by atoms with Crippen molar-refractivity contribution >= 4 is 11.8 Å². The molecule has 2 aliphatic heterocycles. The molecule has 1 fully saturated rings. The van der Waals surface area contributed by atoms with Crippen LogP contribution in [0.1, 0.15) is 33.6 Å². The molecule has 2 N–H and O–H groups in total. The molecule has 0 aliphatic carbocycles. The zero-order chi connectivity index (χ0) is 19.8. The van der Waals surface area contributed by atoms with Crippen LogP contribution in [0, 0.1) is 0 Å². The molecule has 3 heterocycles. The Hall–Kier alpha value is -3.45. The van der Waals surface area contributed by atoms with Gasteiger partial charge in [0.25, 0.3) is 11.8 Å². The van der Waals surface area contributed by atoms with Crippen LogP contribution >= 0.6 is 0 Å². The van der Waals surface area contributed by atoms with Gasteiger partial charge >= 0.3 is 0 Å². The second kappa shape index (κ2) is 6.86. The minimum absolute atomic E-state index is 0.316. The fourth-order valence-corrected chi connectivity index (χ4v) is 4.07. The van der Waals surface area contributed by atoms with Gasteiger partial charge in [-0.15, -0.1) is 0 Å². The number of H-pyrrole nitrogens is 1. The summed E-state index contributed by atoms with van der Waals surface area (Å²) in [5.41, 5.74) is 1.41. The maximum Gasteiger partial charge on any atom is 0.267 e. The van der Waals surface area contributed by atoms with Crippen LogP contribution in [-0.2, 0) is 0 Å². The molecule has 146 valence electrons. The lowest BCUT2D eigenvalue weighted by molar-refractivity contribution is -0.0776. The van der Waals surface area contributed by atoms with Gasteiger partial charge in [-0.3, -0.25) is 14.7 Å². The van der Waals surface area contributed by atoms with Gasteiger partial charge in [0.2, 0.25) is 0 Å². The minimum Gasteiger partial charge on any atom is -0.466 e. The standard InChI is InChI=1S/C22H20N4O3/c27-20(16-5-3-4-15(14-16)18-8-11-24-25-18)26-21(28)17-6-1-2-7-19(17)29-22(26)9-12-23-13-10-22/h1-8,11,14,23H,9-10,12-13H2,(H,24,25). The van der Waals surface area contributed by atoms with E-state index >= 15 is 0 Å². The predicted octanol–water partition coefficient (Wildman–Crippen LogP) is 2.83. The highest BCUT2D eigenvalue weighted by molar-refractivity contribution is 6.12. The van der Waals surface area contributed by atoms with Crippen molar-refractivity contribution in [2.24, 2.45) is 0 Å². The van der Waals surface area contributed by atoms with Crippen molar-refractivity contribution in [3.63, 3.8) is 0 Å². The summed E-state index contributed by atoms with van der Waals surface area (Å²) in [7, 11) is 0. The molecule has 0 radical (unpaired) electrons. The molecule has 0 bridgehead atoms. The number of fused-ring (bicyclic) bond motifs is 1. The molecule has 0 atom stereocenters. The van der Waals surface area contributed by atoms with Gasteiger partial charge in [-0.05, 0) is 30.3 Å². The van der Waals surface area contributed by atoms with Gasteiger partial charge in [-0.2, -0.15) is 5.10 Å². The van der Waals surface area contributed by atoms with Crippen molar-refractivity contribution in [3.05, 3.63) is 71.9 Å². The molecule has 1 spiro atoms. The van der Waals surface area contributed by atoms with Crippen molar-refractivity contribution in [3.8, 4) is 17.0 Å². The number of benzene rings is 2. The summed E-state index contributed by atoms with van der Waals surface area (Å²) in [6.07, 6.45) is 2.81. The number of carbonyl (C=O) groups excluding carboxylic acids is 2. The molecule has 1 saturated heterocycles. The van der Waals surface area contributed by atoms with E-state index in [-0.39, 0.29) is 11.8 Å². The largest absolute Gasteiger partial charge is 0.466 e. The first-order valence-electron chi connectivity index (χ1n) is 9.66. The lowest BCUT2D eigenvalue weighted by Gasteiger charge is -2.47. The first-order chi connectivity index (χ1) is 14.2. The first-order valence-corrected chi connectivity index (χ1v) is 9.66. The van der Waals surface area contributed by atoms with Crippen LogP contribution in [-0.4, -0.2) is 45.7 Å². The number of amides is 2. The topological polar surface area (TPSA) is 87.3 Å². The van der Waals surface area contributed by atoms with Gasteiger partial charge in [0.1, 0.15) is 5.75 Å². The normalized spacial score (nSPS) is 17.7. The molecule has 5 rings (SSSR count). The van der Waals surface area contributed by atoms with Crippen LogP contribution in [0.4, 0.5) is 0 Å². The number of hydrogen-bond acceptors (Lipinski definition) is 5. The molecule has 0 saturated carbocycles. The third-order valence-corrected chi connectivity index (χ3v) is 5.52. The van der Waals surface area contributed by atoms with Gasteiger partial charge in [-0.25, -0.2) is 4.90 Å². The summed E-state index contributed by atoms with van der Waals surface area (Å²) in [6, 6.07) is 16.1. The van der Waals surface area contributed by atoms with E-state index in [4.69, 9.17) is 4.74 Å². The van der Waals surface area contributed by atoms with E-state index in [9.17, 15) is 9.59 Å². The van der Waals surface area contributed by atoms with Crippen molar-refractivity contribution < 1.29 is 14.3 Å². The molecular formula is C22H20N4O3. The average Bonchev–Trinajstić information content (AvgIpc) is 3.29. The molecular weight excluding hydrogens is 368 g/mol. The molecule has 7 heteroatoms. The van der Waals surface area contributed by atoms with Crippen LogP contribution < -0.4 is 10.1 Å². The first kappa shape index (κ1) is 17.6. The Kier molecular flexibility index (Phi) is 4.17. The lowest BCUT2D eigenvalue weighted by Crippen LogP contribution is -2.64. The minimum atomic E-state index is -0.976. The molecule has 0 unspecified atom stereocenters. The maximum atomic E-state index is 13.6. The Morgan fingerprint density at radius 1 is 1.07 bits per heavy atom. The maximum absolute atomic E-state index is 13.6. The Balaban J connectivity index is 1.58. The summed E-state index contributed by atoms with van der Waals surface area (Å²) in [5.74, 6) is -0.138. The van der Waals surface area contributed by atoms with Gasteiger partial charge in [-0.1, -0.05) is 24.3 Å². The molecule has 2 aromatic carbocycles. The summed E-state index contributed by atoms with van der Waals surface area (Å²) in [4.78, 5) is 28.3. The lowest BCUT2D eigenvalue weighted by atomic mass is 9.94. The zero-order valence-corrected chi connectivity index (χ0v) is 15.7. The Morgan fingerprint density at radius 3 is 2.69 bits per heavy atom. The highest BCUT2D eigenvalue weighted by Gasteiger charge is 2.50. The number of nitrogens with zero attached hydrogens (tertiary/aromatic N) is 2. The molecule has 29 heavy (non-hydrogen) atoms. The number of nitrogens with one attached hydrogen (secondary N) is 2. The number of carbonyl (C=O) groups is 2. The van der Waals surface area contributed by atoms with Crippen molar-refractivity contribution in [2.45, 2.75) is 18.6 Å². The second-order valence-electron chi connectivity index (χ2n) is 7.28. The third-order valence-electron chi connectivity index (χ3n) is 5.52. The van der Waals surface area contributed by atoms with Crippen LogP contribution in [0.2, 0.25) is 0 Å². The zero-order valence-electron chi connectivity index (χ0n) is 15.7. The fourth-order valence-electron chi connectivity index (χ4n) is 4.07. The quantitative estimate of drug-likeness (QED) is 0.659. The molecule has 3 aromatic rings. The number of imide groups is 1. The number of piperidine rings is 1. The number of ether oxygens (including phenoxy) is 1. The van der Waals surface area contributed by atoms with E-state index in [0.717, 1.165) is 11.3 Å². The van der Waals surface area contributed by atoms with Crippen molar-refractivity contribution in [2.75, 3.05) is 13.1 Å². The highest BCUT2D eigenvalue weighted by atomic mass is 16.5. The number of aromatic amines is 1. The van der Waals surface area contributed by atoms with E-state index in [2.05, 4.69) is 15.5 Å². The van der Waals surface area contributed by atoms with Crippen molar-refractivity contribution in [1.29, 1.82) is 0 Å². The molecule has 2 aliphatic rings. The molecule has 2 amide bonds. The molecule has 1 aromatic heterocycles. The Labute approximate surface area is 167 Å². The monoisotopic (exact) mass is 388 g/mol. The summed E-state index contributed by atoms with van der Waals surface area (Å²) in [5, 5.41) is 10.2. The summed E-state index contributed by atoms with van der Waals surface area (Å²) >= 11 is 0. The van der Waals surface area contributed by atoms with Crippen LogP contribution in [0.15, 0.2) is 60.8 Å². The third kappa shape index (κ3) is 2.91. The Bertz CT molecular complexity index is 1070. The van der Waals surface area contributed by atoms with E-state index in [0.29, 0.717) is 42.8 Å². The van der Waals surface area contributed by atoms with Gasteiger partial charge in [0.05, 0.1) is 11.3 Å². The fraction of sp³-hybridized carbons (Fsp3) is 0.227. The second-order valence-corrected chi connectivity index (χ2v) is 7.28. The van der Waals surface area contributed by atoms with Crippen LogP contribution in [0.5, 0.6) is 5.75 Å². The van der Waals surface area contributed by atoms with E-state index in [1.54, 1.807) is 42.6 Å². The van der Waals surface area contributed by atoms with E-state index < -0.39 is 5.72 Å². The number of para-hydroxylation sites is 1. The van der Waals surface area contributed by atoms with Crippen molar-refractivity contribution in [1.82, 2.24) is 20.4 Å². The summed E-state index contributed by atoms with van der Waals surface area (Å²) < 4.78 is 6.32. The van der Waals surface area contributed by atoms with Crippen LogP contribution in [0.3, 0.4) is 0 Å². The number of rotatable bonds is 2. The number of aromatic nitrogens is 2. The summed E-state index contributed by atoms with van der Waals surface area (Å²) in [6.45, 7) is 1.35. The van der Waals surface area contributed by atoms with Gasteiger partial charge in [0.15, 0.2) is 5.72 Å². The van der Waals surface area contributed by atoms with E-state index in [1.807, 2.05) is 18.2 Å². The SMILES string of the molecule is O=C(c1cccc(-c2cc[nH]n2)c1)N1C(=O)c2ccccc2OC12CCNCC2. The Morgan fingerprint density at radius 2 is 1.90 bits per heavy atom. The van der Waals surface area contributed by atoms with Gasteiger partial charge < -0.3 is 10.1 Å². The average molecular weight is 388 g/mol. The number of hydrogen-bond donors (Lipinski definition) is 2. The van der Waals surface area contributed by atoms with Gasteiger partial charge in [0, 0.05) is 43.3 Å². The smallest absolute Gasteiger partial charge is 0.267 e.